The van der Waals surface area contributed by atoms with E-state index in [4.69, 9.17) is 14.2 Å². The highest BCUT2D eigenvalue weighted by atomic mass is 16.6. The van der Waals surface area contributed by atoms with Crippen LogP contribution in [0.15, 0.2) is 11.6 Å². The van der Waals surface area contributed by atoms with Crippen molar-refractivity contribution < 1.29 is 28.6 Å². The smallest absolute Gasteiger partial charge is 0.303 e. The normalized spacial score (nSPS) is 38.0. The lowest BCUT2D eigenvalue weighted by atomic mass is 9.47. The van der Waals surface area contributed by atoms with Crippen LogP contribution < -0.4 is 0 Å². The number of fused-ring (bicyclic) bond motifs is 5. The molecule has 0 spiro atoms. The van der Waals surface area contributed by atoms with Crippen molar-refractivity contribution in [3.8, 4) is 0 Å². The molecule has 4 rings (SSSR count). The van der Waals surface area contributed by atoms with Crippen LogP contribution in [0, 0.1) is 52.3 Å². The lowest BCUT2D eigenvalue weighted by Crippen LogP contribution is -2.53. The molecule has 4 aliphatic carbocycles. The van der Waals surface area contributed by atoms with Gasteiger partial charge in [-0.15, -0.1) is 0 Å². The van der Waals surface area contributed by atoms with E-state index >= 15 is 0 Å². The summed E-state index contributed by atoms with van der Waals surface area (Å²) < 4.78 is 17.6. The molecule has 0 aliphatic heterocycles. The molecule has 0 unspecified atom stereocenters. The fourth-order valence-corrected chi connectivity index (χ4v) is 9.81. The van der Waals surface area contributed by atoms with Crippen molar-refractivity contribution in [3.63, 3.8) is 0 Å². The third kappa shape index (κ3) is 5.75. The van der Waals surface area contributed by atoms with Crippen molar-refractivity contribution in [2.24, 2.45) is 52.3 Å². The number of ether oxygens (including phenoxy) is 3. The summed E-state index contributed by atoms with van der Waals surface area (Å²) in [4.78, 5) is 36.2. The predicted molar refractivity (Wildman–Crippen MR) is 155 cm³/mol. The van der Waals surface area contributed by atoms with E-state index in [1.807, 2.05) is 0 Å². The molecule has 0 radical (unpaired) electrons. The highest BCUT2D eigenvalue weighted by Gasteiger charge is 2.60. The van der Waals surface area contributed by atoms with Gasteiger partial charge in [0, 0.05) is 33.1 Å². The zero-order valence-corrected chi connectivity index (χ0v) is 26.5. The lowest BCUT2D eigenvalue weighted by molar-refractivity contribution is -0.180. The van der Waals surface area contributed by atoms with E-state index in [0.717, 1.165) is 32.1 Å². The Labute approximate surface area is 242 Å². The minimum Gasteiger partial charge on any atom is -0.462 e. The van der Waals surface area contributed by atoms with Gasteiger partial charge in [0.15, 0.2) is 0 Å². The van der Waals surface area contributed by atoms with Gasteiger partial charge in [-0.05, 0) is 91.3 Å². The van der Waals surface area contributed by atoms with Gasteiger partial charge in [-0.2, -0.15) is 0 Å². The van der Waals surface area contributed by atoms with E-state index in [0.29, 0.717) is 23.7 Å². The summed E-state index contributed by atoms with van der Waals surface area (Å²) in [5, 5.41) is 0. The molecule has 11 atom stereocenters. The molecule has 6 heteroatoms. The van der Waals surface area contributed by atoms with Crippen LogP contribution in [0.2, 0.25) is 0 Å². The molecule has 0 heterocycles. The summed E-state index contributed by atoms with van der Waals surface area (Å²) in [7, 11) is 0. The first kappa shape index (κ1) is 31.1. The minimum atomic E-state index is -0.457. The predicted octanol–water partition coefficient (Wildman–Crippen LogP) is 7.29. The van der Waals surface area contributed by atoms with Crippen molar-refractivity contribution in [2.75, 3.05) is 0 Å². The van der Waals surface area contributed by atoms with Gasteiger partial charge in [-0.3, -0.25) is 14.4 Å². The summed E-state index contributed by atoms with van der Waals surface area (Å²) in [6.45, 7) is 18.0. The molecule has 4 aliphatic rings. The van der Waals surface area contributed by atoms with Crippen LogP contribution in [-0.2, 0) is 28.6 Å². The maximum Gasteiger partial charge on any atom is 0.303 e. The quantitative estimate of drug-likeness (QED) is 0.177. The third-order valence-electron chi connectivity index (χ3n) is 12.1. The Morgan fingerprint density at radius 2 is 1.48 bits per heavy atom. The Balaban J connectivity index is 1.58. The zero-order valence-electron chi connectivity index (χ0n) is 26.5. The molecule has 3 fully saturated rings. The maximum absolute atomic E-state index is 12.4. The number of rotatable bonds is 8. The fourth-order valence-electron chi connectivity index (χ4n) is 9.81. The van der Waals surface area contributed by atoms with Gasteiger partial charge in [0.25, 0.3) is 0 Å². The van der Waals surface area contributed by atoms with Crippen LogP contribution in [0.4, 0.5) is 0 Å². The van der Waals surface area contributed by atoms with E-state index in [1.54, 1.807) is 0 Å². The largest absolute Gasteiger partial charge is 0.462 e. The molecule has 0 bridgehead atoms. The second-order valence-corrected chi connectivity index (χ2v) is 14.6. The maximum atomic E-state index is 12.4. The summed E-state index contributed by atoms with van der Waals surface area (Å²) in [5.74, 6) is 1.99. The van der Waals surface area contributed by atoms with Gasteiger partial charge >= 0.3 is 17.9 Å². The van der Waals surface area contributed by atoms with Gasteiger partial charge in [0.1, 0.15) is 18.3 Å². The molecule has 0 N–H and O–H groups in total. The average Bonchev–Trinajstić information content (AvgIpc) is 3.22. The zero-order chi connectivity index (χ0) is 29.6. The molecule has 3 saturated carbocycles. The van der Waals surface area contributed by atoms with E-state index in [1.165, 1.54) is 45.6 Å². The van der Waals surface area contributed by atoms with Crippen molar-refractivity contribution >= 4 is 17.9 Å². The first-order valence-corrected chi connectivity index (χ1v) is 15.9. The molecule has 0 amide bonds. The molecule has 0 aromatic carbocycles. The molecule has 0 aromatic heterocycles. The molecule has 40 heavy (non-hydrogen) atoms. The topological polar surface area (TPSA) is 78.9 Å². The van der Waals surface area contributed by atoms with Gasteiger partial charge in [0.05, 0.1) is 0 Å². The van der Waals surface area contributed by atoms with Crippen LogP contribution in [0.3, 0.4) is 0 Å². The Morgan fingerprint density at radius 3 is 2.08 bits per heavy atom. The number of esters is 3. The summed E-state index contributed by atoms with van der Waals surface area (Å²) >= 11 is 0. The van der Waals surface area contributed by atoms with E-state index in [2.05, 4.69) is 47.6 Å². The van der Waals surface area contributed by atoms with Crippen molar-refractivity contribution in [3.05, 3.63) is 11.6 Å². The van der Waals surface area contributed by atoms with Crippen LogP contribution in [0.25, 0.3) is 0 Å². The average molecular weight is 559 g/mol. The summed E-state index contributed by atoms with van der Waals surface area (Å²) in [5.41, 5.74) is 1.87. The van der Waals surface area contributed by atoms with Crippen LogP contribution >= 0.6 is 0 Å². The first-order chi connectivity index (χ1) is 18.7. The number of carbonyl (C=O) groups is 3. The number of hydrogen-bond acceptors (Lipinski definition) is 6. The third-order valence-corrected chi connectivity index (χ3v) is 12.1. The van der Waals surface area contributed by atoms with Crippen LogP contribution in [0.1, 0.15) is 114 Å². The molecule has 6 nitrogen and oxygen atoms in total. The molecule has 0 saturated heterocycles. The van der Waals surface area contributed by atoms with Gasteiger partial charge in [0.2, 0.25) is 0 Å². The molecule has 226 valence electrons. The molecule has 0 aromatic rings. The van der Waals surface area contributed by atoms with Gasteiger partial charge in [-0.1, -0.05) is 53.2 Å². The Hall–Kier alpha value is -1.85. The highest BCUT2D eigenvalue weighted by molar-refractivity contribution is 5.67. The first-order valence-electron chi connectivity index (χ1n) is 15.9. The van der Waals surface area contributed by atoms with E-state index in [-0.39, 0.29) is 52.6 Å². The number of carbonyl (C=O) groups excluding carboxylic acids is 3. The van der Waals surface area contributed by atoms with Gasteiger partial charge < -0.3 is 14.2 Å². The molecular weight excluding hydrogens is 504 g/mol. The monoisotopic (exact) mass is 558 g/mol. The summed E-state index contributed by atoms with van der Waals surface area (Å²) in [6, 6.07) is 0. The Kier molecular flexibility index (Phi) is 9.17. The minimum absolute atomic E-state index is 0.0237. The van der Waals surface area contributed by atoms with Crippen molar-refractivity contribution in [1.82, 2.24) is 0 Å². The lowest BCUT2D eigenvalue weighted by Gasteiger charge is -2.58. The van der Waals surface area contributed by atoms with E-state index < -0.39 is 12.2 Å². The SMILES string of the molecule is CC(=O)O[C@H]1CC[C@@]2(C)C(=CC[C@H]3[C@@H]4CC[C@H]([C@H](C)[C@@H](OC(C)=O)[C@H](OC(C)=O)[C@@H](C)C(C)C)[C@@]4(C)CC[C@@H]32)C1. The summed E-state index contributed by atoms with van der Waals surface area (Å²) in [6.07, 6.45) is 10.4. The highest BCUT2D eigenvalue weighted by Crippen LogP contribution is 2.67. The Bertz CT molecular complexity index is 1000. The second-order valence-electron chi connectivity index (χ2n) is 14.6. The van der Waals surface area contributed by atoms with Gasteiger partial charge in [-0.25, -0.2) is 0 Å². The molecular formula is C34H54O6. The van der Waals surface area contributed by atoms with Crippen LogP contribution in [0.5, 0.6) is 0 Å². The fraction of sp³-hybridized carbons (Fsp3) is 0.853. The number of allylic oxidation sites excluding steroid dienone is 1. The van der Waals surface area contributed by atoms with Crippen molar-refractivity contribution in [2.45, 2.75) is 132 Å². The second kappa shape index (κ2) is 11.8. The standard InChI is InChI=1S/C34H54O6/c1-19(2)20(3)31(39-23(6)36)32(40-24(7)37)21(4)28-12-13-29-27-11-10-25-18-26(38-22(5)35)14-16-33(25,8)30(27)15-17-34(28,29)9/h10,19-21,26-32H,11-18H2,1-9H3/t20-,21-,26-,27-,28+,29-,30-,31+,32+,33-,34+/m0/s1. The van der Waals surface area contributed by atoms with Crippen LogP contribution in [-0.4, -0.2) is 36.2 Å². The van der Waals surface area contributed by atoms with Crippen molar-refractivity contribution in [1.29, 1.82) is 0 Å². The Morgan fingerprint density at radius 1 is 0.825 bits per heavy atom. The van der Waals surface area contributed by atoms with E-state index in [9.17, 15) is 14.4 Å². The number of hydrogen-bond donors (Lipinski definition) is 0.